The van der Waals surface area contributed by atoms with E-state index in [2.05, 4.69) is 20.8 Å². The third-order valence-corrected chi connectivity index (χ3v) is 4.95. The predicted octanol–water partition coefficient (Wildman–Crippen LogP) is 1.70. The topological polar surface area (TPSA) is 99.0 Å². The SMILES string of the molecule is CC(Sc1nnnn1C1CC1)C(=O)c1ccc2c(c1)NC(=O)CO2. The third kappa shape index (κ3) is 2.86. The Bertz CT molecular complexity index is 817. The van der Waals surface area contributed by atoms with Gasteiger partial charge in [0, 0.05) is 5.56 Å². The van der Waals surface area contributed by atoms with Gasteiger partial charge < -0.3 is 10.1 Å². The Morgan fingerprint density at radius 3 is 3.08 bits per heavy atom. The highest BCUT2D eigenvalue weighted by Crippen LogP contribution is 2.37. The van der Waals surface area contributed by atoms with Crippen molar-refractivity contribution in [3.63, 3.8) is 0 Å². The van der Waals surface area contributed by atoms with Crippen molar-refractivity contribution in [2.75, 3.05) is 11.9 Å². The summed E-state index contributed by atoms with van der Waals surface area (Å²) in [6.45, 7) is 1.82. The molecule has 1 aliphatic carbocycles. The number of nitrogens with zero attached hydrogens (tertiary/aromatic N) is 4. The van der Waals surface area contributed by atoms with Crippen molar-refractivity contribution in [1.82, 2.24) is 20.2 Å². The number of Topliss-reactive ketones (excluding diaryl/α,β-unsaturated/α-hetero) is 1. The summed E-state index contributed by atoms with van der Waals surface area (Å²) in [5.74, 6) is 0.301. The summed E-state index contributed by atoms with van der Waals surface area (Å²) in [5.41, 5.74) is 1.04. The molecule has 2 aliphatic rings. The van der Waals surface area contributed by atoms with E-state index in [0.29, 0.717) is 28.2 Å². The minimum absolute atomic E-state index is 0.00360. The van der Waals surface area contributed by atoms with E-state index in [1.807, 2.05) is 6.92 Å². The van der Waals surface area contributed by atoms with E-state index in [4.69, 9.17) is 4.74 Å². The first-order valence-corrected chi connectivity index (χ1v) is 8.55. The minimum atomic E-state index is -0.341. The molecular formula is C15H15N5O3S. The van der Waals surface area contributed by atoms with Gasteiger partial charge in [0.2, 0.25) is 5.16 Å². The molecule has 4 rings (SSSR count). The van der Waals surface area contributed by atoms with E-state index < -0.39 is 0 Å². The minimum Gasteiger partial charge on any atom is -0.482 e. The maximum atomic E-state index is 12.7. The molecule has 2 heterocycles. The van der Waals surface area contributed by atoms with Crippen LogP contribution in [0.15, 0.2) is 23.4 Å². The molecule has 0 bridgehead atoms. The molecule has 1 amide bonds. The van der Waals surface area contributed by atoms with Gasteiger partial charge in [-0.3, -0.25) is 9.59 Å². The van der Waals surface area contributed by atoms with Gasteiger partial charge >= 0.3 is 0 Å². The van der Waals surface area contributed by atoms with Crippen molar-refractivity contribution in [3.8, 4) is 5.75 Å². The van der Waals surface area contributed by atoms with Crippen molar-refractivity contribution in [2.45, 2.75) is 36.2 Å². The number of rotatable bonds is 5. The number of hydrogen-bond acceptors (Lipinski definition) is 7. The normalized spacial score (nSPS) is 17.6. The Kier molecular flexibility index (Phi) is 3.72. The number of ether oxygens (including phenoxy) is 1. The summed E-state index contributed by atoms with van der Waals surface area (Å²) >= 11 is 1.34. The first-order chi connectivity index (χ1) is 11.6. The Morgan fingerprint density at radius 2 is 2.29 bits per heavy atom. The van der Waals surface area contributed by atoms with Crippen LogP contribution in [-0.2, 0) is 4.79 Å². The number of nitrogens with one attached hydrogen (secondary N) is 1. The summed E-state index contributed by atoms with van der Waals surface area (Å²) in [7, 11) is 0. The maximum Gasteiger partial charge on any atom is 0.262 e. The molecule has 1 fully saturated rings. The number of aromatic nitrogens is 4. The van der Waals surface area contributed by atoms with Gasteiger partial charge in [-0.2, -0.15) is 0 Å². The van der Waals surface area contributed by atoms with Crippen molar-refractivity contribution in [2.24, 2.45) is 0 Å². The van der Waals surface area contributed by atoms with Gasteiger partial charge in [-0.1, -0.05) is 11.8 Å². The zero-order valence-corrected chi connectivity index (χ0v) is 13.7. The molecule has 24 heavy (non-hydrogen) atoms. The Balaban J connectivity index is 1.51. The van der Waals surface area contributed by atoms with Gasteiger partial charge in [-0.05, 0) is 48.4 Å². The number of fused-ring (bicyclic) bond motifs is 1. The number of thioether (sulfide) groups is 1. The lowest BCUT2D eigenvalue weighted by Crippen LogP contribution is -2.25. The predicted molar refractivity (Wildman–Crippen MR) is 86.3 cm³/mol. The molecule has 1 aromatic heterocycles. The number of amides is 1. The Labute approximate surface area is 141 Å². The molecule has 1 N–H and O–H groups in total. The number of carbonyl (C=O) groups excluding carboxylic acids is 2. The van der Waals surface area contributed by atoms with Crippen LogP contribution in [0.3, 0.4) is 0 Å². The second kappa shape index (κ2) is 5.90. The average molecular weight is 345 g/mol. The fraction of sp³-hybridized carbons (Fsp3) is 0.400. The summed E-state index contributed by atoms with van der Waals surface area (Å²) in [6, 6.07) is 5.42. The van der Waals surface area contributed by atoms with Crippen LogP contribution >= 0.6 is 11.8 Å². The lowest BCUT2D eigenvalue weighted by atomic mass is 10.1. The smallest absolute Gasteiger partial charge is 0.262 e. The number of hydrogen-bond donors (Lipinski definition) is 1. The highest BCUT2D eigenvalue weighted by molar-refractivity contribution is 8.00. The molecule has 124 valence electrons. The standard InChI is InChI=1S/C15H15N5O3S/c1-8(24-15-17-18-19-20(15)10-3-4-10)14(22)9-2-5-12-11(6-9)16-13(21)7-23-12/h2,5-6,8,10H,3-4,7H2,1H3,(H,16,21). The monoisotopic (exact) mass is 345 g/mol. The molecule has 1 saturated carbocycles. The van der Waals surface area contributed by atoms with Crippen LogP contribution < -0.4 is 10.1 Å². The quantitative estimate of drug-likeness (QED) is 0.650. The summed E-state index contributed by atoms with van der Waals surface area (Å²) in [6.07, 6.45) is 2.15. The fourth-order valence-electron chi connectivity index (χ4n) is 2.49. The molecule has 2 aromatic rings. The zero-order chi connectivity index (χ0) is 16.7. The first-order valence-electron chi connectivity index (χ1n) is 7.67. The largest absolute Gasteiger partial charge is 0.482 e. The number of anilines is 1. The van der Waals surface area contributed by atoms with Crippen LogP contribution in [0.1, 0.15) is 36.2 Å². The van der Waals surface area contributed by atoms with E-state index in [1.54, 1.807) is 22.9 Å². The fourth-order valence-corrected chi connectivity index (χ4v) is 3.43. The maximum absolute atomic E-state index is 12.7. The van der Waals surface area contributed by atoms with E-state index in [0.717, 1.165) is 12.8 Å². The zero-order valence-electron chi connectivity index (χ0n) is 12.9. The van der Waals surface area contributed by atoms with Gasteiger partial charge in [-0.25, -0.2) is 4.68 Å². The summed E-state index contributed by atoms with van der Waals surface area (Å²) in [5, 5.41) is 14.7. The summed E-state index contributed by atoms with van der Waals surface area (Å²) in [4.78, 5) is 24.1. The lowest BCUT2D eigenvalue weighted by Gasteiger charge is -2.19. The number of ketones is 1. The van der Waals surface area contributed by atoms with Gasteiger partial charge in [0.25, 0.3) is 5.91 Å². The molecule has 1 atom stereocenters. The average Bonchev–Trinajstić information content (AvgIpc) is 3.33. The molecular weight excluding hydrogens is 330 g/mol. The molecule has 1 aliphatic heterocycles. The highest BCUT2D eigenvalue weighted by Gasteiger charge is 2.30. The van der Waals surface area contributed by atoms with E-state index in [1.165, 1.54) is 11.8 Å². The van der Waals surface area contributed by atoms with Crippen molar-refractivity contribution in [3.05, 3.63) is 23.8 Å². The van der Waals surface area contributed by atoms with Crippen LogP contribution in [0.2, 0.25) is 0 Å². The summed E-state index contributed by atoms with van der Waals surface area (Å²) < 4.78 is 7.09. The molecule has 0 spiro atoms. The van der Waals surface area contributed by atoms with Gasteiger partial charge in [0.05, 0.1) is 17.0 Å². The molecule has 0 saturated heterocycles. The van der Waals surface area contributed by atoms with Crippen LogP contribution in [0.4, 0.5) is 5.69 Å². The van der Waals surface area contributed by atoms with E-state index in [-0.39, 0.29) is 23.5 Å². The van der Waals surface area contributed by atoms with Crippen LogP contribution in [-0.4, -0.2) is 43.8 Å². The van der Waals surface area contributed by atoms with Crippen LogP contribution in [0.25, 0.3) is 0 Å². The second-order valence-electron chi connectivity index (χ2n) is 5.81. The van der Waals surface area contributed by atoms with Crippen molar-refractivity contribution in [1.29, 1.82) is 0 Å². The van der Waals surface area contributed by atoms with Crippen molar-refractivity contribution < 1.29 is 14.3 Å². The highest BCUT2D eigenvalue weighted by atomic mass is 32.2. The number of tetrazole rings is 1. The van der Waals surface area contributed by atoms with Gasteiger partial charge in [0.1, 0.15) is 5.75 Å². The molecule has 9 heteroatoms. The van der Waals surface area contributed by atoms with Crippen LogP contribution in [0, 0.1) is 0 Å². The number of benzene rings is 1. The molecule has 8 nitrogen and oxygen atoms in total. The van der Waals surface area contributed by atoms with Crippen molar-refractivity contribution >= 4 is 29.1 Å². The first kappa shape index (κ1) is 15.1. The number of carbonyl (C=O) groups is 2. The van der Waals surface area contributed by atoms with E-state index >= 15 is 0 Å². The molecule has 1 unspecified atom stereocenters. The van der Waals surface area contributed by atoms with E-state index in [9.17, 15) is 9.59 Å². The van der Waals surface area contributed by atoms with Crippen LogP contribution in [0.5, 0.6) is 5.75 Å². The molecule has 0 radical (unpaired) electrons. The van der Waals surface area contributed by atoms with Gasteiger partial charge in [0.15, 0.2) is 12.4 Å². The third-order valence-electron chi connectivity index (χ3n) is 3.90. The lowest BCUT2D eigenvalue weighted by molar-refractivity contribution is -0.118. The molecule has 1 aromatic carbocycles. The second-order valence-corrected chi connectivity index (χ2v) is 7.12. The van der Waals surface area contributed by atoms with Gasteiger partial charge in [-0.15, -0.1) is 5.10 Å². The Hall–Kier alpha value is -2.42. The Morgan fingerprint density at radius 1 is 1.46 bits per heavy atom.